The van der Waals surface area contributed by atoms with Crippen LogP contribution in [0.25, 0.3) is 97.0 Å². The van der Waals surface area contributed by atoms with E-state index in [0.29, 0.717) is 0 Å². The monoisotopic (exact) mass is 769 g/mol. The van der Waals surface area contributed by atoms with Gasteiger partial charge in [-0.3, -0.25) is 0 Å². The summed E-state index contributed by atoms with van der Waals surface area (Å²) >= 11 is 1.87. The summed E-state index contributed by atoms with van der Waals surface area (Å²) < 4.78 is 9.16. The molecular formula is C56H35NOS. The third-order valence-electron chi connectivity index (χ3n) is 11.9. The molecule has 12 rings (SSSR count). The van der Waals surface area contributed by atoms with E-state index in [1.54, 1.807) is 0 Å². The molecule has 0 saturated carbocycles. The molecule has 2 aromatic heterocycles. The molecule has 0 N–H and O–H groups in total. The number of anilines is 3. The van der Waals surface area contributed by atoms with Crippen molar-refractivity contribution in [3.8, 4) is 33.4 Å². The Bertz CT molecular complexity index is 3560. The molecule has 0 bridgehead atoms. The number of fused-ring (bicyclic) bond motifs is 9. The number of benzene rings is 10. The molecule has 59 heavy (non-hydrogen) atoms. The Morgan fingerprint density at radius 1 is 0.339 bits per heavy atom. The molecule has 0 aliphatic carbocycles. The van der Waals surface area contributed by atoms with Crippen LogP contribution in [0.2, 0.25) is 0 Å². The van der Waals surface area contributed by atoms with Crippen LogP contribution in [0.1, 0.15) is 0 Å². The second-order valence-corrected chi connectivity index (χ2v) is 16.3. The summed E-state index contributed by atoms with van der Waals surface area (Å²) in [4.78, 5) is 2.41. The Kier molecular flexibility index (Phi) is 7.75. The summed E-state index contributed by atoms with van der Waals surface area (Å²) in [5.41, 5.74) is 12.0. The Hall–Kier alpha value is -7.46. The molecule has 0 fully saturated rings. The van der Waals surface area contributed by atoms with Crippen molar-refractivity contribution in [3.05, 3.63) is 212 Å². The summed E-state index contributed by atoms with van der Waals surface area (Å²) in [6.07, 6.45) is 0. The fourth-order valence-electron chi connectivity index (χ4n) is 9.08. The highest BCUT2D eigenvalue weighted by Crippen LogP contribution is 2.47. The molecule has 0 spiro atoms. The lowest BCUT2D eigenvalue weighted by Gasteiger charge is -2.29. The summed E-state index contributed by atoms with van der Waals surface area (Å²) in [5.74, 6) is 0. The number of nitrogens with zero attached hydrogens (tertiary/aromatic N) is 1. The van der Waals surface area contributed by atoms with Crippen LogP contribution in [-0.4, -0.2) is 0 Å². The van der Waals surface area contributed by atoms with Crippen molar-refractivity contribution in [3.63, 3.8) is 0 Å². The number of rotatable bonds is 6. The van der Waals surface area contributed by atoms with E-state index in [1.165, 1.54) is 58.4 Å². The lowest BCUT2D eigenvalue weighted by Crippen LogP contribution is -2.11. The molecule has 12 aromatic rings. The highest BCUT2D eigenvalue weighted by molar-refractivity contribution is 7.26. The number of thiophene rings is 1. The number of hydrogen-bond acceptors (Lipinski definition) is 3. The summed E-state index contributed by atoms with van der Waals surface area (Å²) in [7, 11) is 0. The van der Waals surface area contributed by atoms with Crippen molar-refractivity contribution in [1.29, 1.82) is 0 Å². The summed E-state index contributed by atoms with van der Waals surface area (Å²) in [6.45, 7) is 0. The van der Waals surface area contributed by atoms with Crippen molar-refractivity contribution in [2.24, 2.45) is 0 Å². The maximum absolute atomic E-state index is 6.53. The lowest BCUT2D eigenvalue weighted by atomic mass is 9.91. The van der Waals surface area contributed by atoms with Gasteiger partial charge in [-0.1, -0.05) is 158 Å². The minimum Gasteiger partial charge on any atom is -0.456 e. The fraction of sp³-hybridized carbons (Fsp3) is 0. The summed E-state index contributed by atoms with van der Waals surface area (Å²) in [6, 6.07) is 77.1. The minimum atomic E-state index is 0.861. The minimum absolute atomic E-state index is 0.861. The zero-order valence-corrected chi connectivity index (χ0v) is 32.8. The Balaban J connectivity index is 1.09. The zero-order valence-electron chi connectivity index (χ0n) is 32.0. The van der Waals surface area contributed by atoms with Gasteiger partial charge >= 0.3 is 0 Å². The smallest absolute Gasteiger partial charge is 0.137 e. The molecule has 276 valence electrons. The maximum Gasteiger partial charge on any atom is 0.137 e. The van der Waals surface area contributed by atoms with Crippen molar-refractivity contribution < 1.29 is 4.42 Å². The van der Waals surface area contributed by atoms with Gasteiger partial charge in [0.05, 0.1) is 5.69 Å². The predicted octanol–water partition coefficient (Wildman–Crippen LogP) is 16.7. The van der Waals surface area contributed by atoms with Crippen LogP contribution < -0.4 is 4.90 Å². The van der Waals surface area contributed by atoms with E-state index in [2.05, 4.69) is 205 Å². The molecule has 0 atom stereocenters. The first-order valence-corrected chi connectivity index (χ1v) is 20.9. The van der Waals surface area contributed by atoms with Crippen LogP contribution in [0, 0.1) is 0 Å². The van der Waals surface area contributed by atoms with Crippen molar-refractivity contribution >= 4 is 92.1 Å². The van der Waals surface area contributed by atoms with Gasteiger partial charge in [0.2, 0.25) is 0 Å². The molecule has 0 aliphatic heterocycles. The average Bonchev–Trinajstić information content (AvgIpc) is 3.88. The second-order valence-electron chi connectivity index (χ2n) is 15.2. The van der Waals surface area contributed by atoms with E-state index < -0.39 is 0 Å². The van der Waals surface area contributed by atoms with Crippen LogP contribution in [0.3, 0.4) is 0 Å². The molecule has 3 heteroatoms. The molecule has 0 saturated heterocycles. The van der Waals surface area contributed by atoms with E-state index >= 15 is 0 Å². The molecule has 0 unspecified atom stereocenters. The first kappa shape index (κ1) is 33.7. The average molecular weight is 770 g/mol. The third-order valence-corrected chi connectivity index (χ3v) is 13.1. The molecular weight excluding hydrogens is 735 g/mol. The molecule has 0 aliphatic rings. The van der Waals surface area contributed by atoms with E-state index in [-0.39, 0.29) is 0 Å². The van der Waals surface area contributed by atoms with E-state index in [4.69, 9.17) is 4.42 Å². The van der Waals surface area contributed by atoms with Crippen molar-refractivity contribution in [1.82, 2.24) is 0 Å². The van der Waals surface area contributed by atoms with E-state index in [1.807, 2.05) is 23.5 Å². The van der Waals surface area contributed by atoms with Crippen LogP contribution in [0.15, 0.2) is 217 Å². The first-order valence-electron chi connectivity index (χ1n) is 20.1. The lowest BCUT2D eigenvalue weighted by molar-refractivity contribution is 0.669. The van der Waals surface area contributed by atoms with Crippen LogP contribution >= 0.6 is 11.3 Å². The molecule has 0 amide bonds. The van der Waals surface area contributed by atoms with Gasteiger partial charge in [-0.2, -0.15) is 0 Å². The number of furan rings is 1. The highest BCUT2D eigenvalue weighted by Gasteiger charge is 2.21. The SMILES string of the molecule is c1ccc(-c2ccc(-c3cc4ccccc4c4ccccc34)cc2N(c2ccc(-c3cccc4c3sc3ccccc34)cc2)c2ccc3c(c2)oc2ccccc23)cc1. The van der Waals surface area contributed by atoms with Gasteiger partial charge < -0.3 is 9.32 Å². The number of hydrogen-bond donors (Lipinski definition) is 0. The predicted molar refractivity (Wildman–Crippen MR) is 253 cm³/mol. The van der Waals surface area contributed by atoms with Crippen molar-refractivity contribution in [2.75, 3.05) is 4.90 Å². The number of para-hydroxylation sites is 1. The van der Waals surface area contributed by atoms with Crippen LogP contribution in [0.5, 0.6) is 0 Å². The van der Waals surface area contributed by atoms with Gasteiger partial charge in [0.25, 0.3) is 0 Å². The topological polar surface area (TPSA) is 16.4 Å². The van der Waals surface area contributed by atoms with Crippen molar-refractivity contribution in [2.45, 2.75) is 0 Å². The fourth-order valence-corrected chi connectivity index (χ4v) is 10.3. The van der Waals surface area contributed by atoms with Gasteiger partial charge in [-0.25, -0.2) is 0 Å². The van der Waals surface area contributed by atoms with Crippen LogP contribution in [-0.2, 0) is 0 Å². The first-order chi connectivity index (χ1) is 29.2. The van der Waals surface area contributed by atoms with E-state index in [0.717, 1.165) is 55.7 Å². The molecule has 2 nitrogen and oxygen atoms in total. The van der Waals surface area contributed by atoms with Gasteiger partial charge in [-0.15, -0.1) is 11.3 Å². The molecule has 2 heterocycles. The molecule has 10 aromatic carbocycles. The molecule has 0 radical (unpaired) electrons. The van der Waals surface area contributed by atoms with Gasteiger partial charge in [0.15, 0.2) is 0 Å². The Morgan fingerprint density at radius 3 is 1.85 bits per heavy atom. The standard InChI is InChI=1S/C56H35NOS/c1-2-13-36(14-3-1)43-31-27-39(51-33-38-15-4-5-16-42(38)45-17-6-7-18-46(45)51)34-52(43)57(41-30-32-48-47-19-8-10-23-53(47)58-54(48)35-41)40-28-25-37(26-29-40)44-21-12-22-50-49-20-9-11-24-55(49)59-56(44)50/h1-35H. The normalized spacial score (nSPS) is 11.7. The Morgan fingerprint density at radius 2 is 0.983 bits per heavy atom. The van der Waals surface area contributed by atoms with Gasteiger partial charge in [0.1, 0.15) is 11.2 Å². The van der Waals surface area contributed by atoms with Gasteiger partial charge in [0, 0.05) is 53.9 Å². The third kappa shape index (κ3) is 5.55. The quantitative estimate of drug-likeness (QED) is 0.157. The highest BCUT2D eigenvalue weighted by atomic mass is 32.1. The second kappa shape index (κ2) is 13.6. The van der Waals surface area contributed by atoms with Crippen LogP contribution in [0.4, 0.5) is 17.1 Å². The van der Waals surface area contributed by atoms with E-state index in [9.17, 15) is 0 Å². The summed E-state index contributed by atoms with van der Waals surface area (Å²) in [5, 5.41) is 9.83. The Labute approximate surface area is 345 Å². The zero-order chi connectivity index (χ0) is 38.9. The maximum atomic E-state index is 6.53. The van der Waals surface area contributed by atoms with Gasteiger partial charge in [-0.05, 0) is 97.9 Å². The largest absolute Gasteiger partial charge is 0.456 e.